The van der Waals surface area contributed by atoms with Gasteiger partial charge in [-0.25, -0.2) is 14.6 Å². The summed E-state index contributed by atoms with van der Waals surface area (Å²) in [4.78, 5) is 40.7. The van der Waals surface area contributed by atoms with Crippen LogP contribution in [0, 0.1) is 0 Å². The molecule has 0 aliphatic carbocycles. The van der Waals surface area contributed by atoms with E-state index in [1.165, 1.54) is 17.8 Å². The van der Waals surface area contributed by atoms with Crippen LogP contribution in [0.25, 0.3) is 0 Å². The molecule has 194 valence electrons. The number of hydrogen-bond donors (Lipinski definition) is 2. The van der Waals surface area contributed by atoms with Gasteiger partial charge in [0.15, 0.2) is 0 Å². The predicted octanol–water partition coefficient (Wildman–Crippen LogP) is 2.15. The minimum atomic E-state index is -5.08. The number of carbonyl (C=O) groups excluding carboxylic acids is 1. The summed E-state index contributed by atoms with van der Waals surface area (Å²) in [6.07, 6.45) is -5.93. The first kappa shape index (κ1) is 29.6. The van der Waals surface area contributed by atoms with Crippen LogP contribution in [0.15, 0.2) is 11.6 Å². The normalized spacial score (nSPS) is 20.5. The molecule has 1 aromatic heterocycles. The Morgan fingerprint density at radius 1 is 1.00 bits per heavy atom. The van der Waals surface area contributed by atoms with E-state index in [-0.39, 0.29) is 5.91 Å². The van der Waals surface area contributed by atoms with Crippen molar-refractivity contribution in [3.63, 3.8) is 0 Å². The Hall–Kier alpha value is -2.46. The van der Waals surface area contributed by atoms with E-state index in [0.29, 0.717) is 18.6 Å². The third-order valence-corrected chi connectivity index (χ3v) is 5.71. The van der Waals surface area contributed by atoms with Crippen molar-refractivity contribution >= 4 is 29.2 Å². The van der Waals surface area contributed by atoms with Gasteiger partial charge in [-0.05, 0) is 12.8 Å². The fourth-order valence-corrected chi connectivity index (χ4v) is 4.02. The number of alkyl halides is 6. The number of carbonyl (C=O) groups is 3. The number of carboxylic acids is 2. The number of nitrogens with zero attached hydrogens (tertiary/aromatic N) is 4. The van der Waals surface area contributed by atoms with Crippen molar-refractivity contribution < 1.29 is 50.9 Å². The van der Waals surface area contributed by atoms with E-state index in [2.05, 4.69) is 14.8 Å². The van der Waals surface area contributed by atoms with Gasteiger partial charge in [0.25, 0.3) is 0 Å². The van der Waals surface area contributed by atoms with Crippen LogP contribution < -0.4 is 0 Å². The van der Waals surface area contributed by atoms with Crippen LogP contribution in [0.1, 0.15) is 17.8 Å². The summed E-state index contributed by atoms with van der Waals surface area (Å²) in [5.41, 5.74) is 0. The maximum absolute atomic E-state index is 11.9. The number of aliphatic carboxylic acids is 2. The molecule has 2 aliphatic heterocycles. The van der Waals surface area contributed by atoms with Gasteiger partial charge in [0.2, 0.25) is 5.91 Å². The second-order valence-corrected chi connectivity index (χ2v) is 8.45. The third-order valence-electron chi connectivity index (χ3n) is 4.95. The van der Waals surface area contributed by atoms with E-state index >= 15 is 0 Å². The van der Waals surface area contributed by atoms with E-state index in [0.717, 1.165) is 19.6 Å². The molecule has 0 aromatic carbocycles. The lowest BCUT2D eigenvalue weighted by Gasteiger charge is -2.25. The van der Waals surface area contributed by atoms with Crippen LogP contribution in [-0.4, -0.2) is 106 Å². The fourth-order valence-electron chi connectivity index (χ4n) is 3.38. The first-order chi connectivity index (χ1) is 15.5. The van der Waals surface area contributed by atoms with Crippen LogP contribution >= 0.6 is 11.3 Å². The summed E-state index contributed by atoms with van der Waals surface area (Å²) in [6.45, 7) is 3.71. The number of halogens is 6. The van der Waals surface area contributed by atoms with Gasteiger partial charge < -0.3 is 15.1 Å². The van der Waals surface area contributed by atoms with Gasteiger partial charge in [0.05, 0.1) is 13.1 Å². The van der Waals surface area contributed by atoms with Crippen LogP contribution in [0.4, 0.5) is 26.3 Å². The average Bonchev–Trinajstić information content (AvgIpc) is 3.42. The van der Waals surface area contributed by atoms with Gasteiger partial charge in [-0.3, -0.25) is 14.6 Å². The largest absolute Gasteiger partial charge is 0.490 e. The summed E-state index contributed by atoms with van der Waals surface area (Å²) < 4.78 is 63.5. The summed E-state index contributed by atoms with van der Waals surface area (Å²) >= 11 is 1.73. The molecule has 2 saturated heterocycles. The smallest absolute Gasteiger partial charge is 0.475 e. The highest BCUT2D eigenvalue weighted by molar-refractivity contribution is 7.09. The van der Waals surface area contributed by atoms with Crippen molar-refractivity contribution in [2.75, 3.05) is 33.7 Å². The zero-order valence-electron chi connectivity index (χ0n) is 18.1. The Kier molecular flexibility index (Phi) is 10.7. The van der Waals surface area contributed by atoms with E-state index in [9.17, 15) is 31.1 Å². The Morgan fingerprint density at radius 3 is 1.82 bits per heavy atom. The summed E-state index contributed by atoms with van der Waals surface area (Å²) in [5.74, 6) is -5.30. The molecule has 0 radical (unpaired) electrons. The lowest BCUT2D eigenvalue weighted by molar-refractivity contribution is -0.193. The highest BCUT2D eigenvalue weighted by Crippen LogP contribution is 2.32. The first-order valence-electron chi connectivity index (χ1n) is 9.70. The second-order valence-electron chi connectivity index (χ2n) is 7.47. The van der Waals surface area contributed by atoms with Crippen molar-refractivity contribution in [1.29, 1.82) is 0 Å². The number of likely N-dealkylation sites (tertiary alicyclic amines) is 2. The second kappa shape index (κ2) is 12.3. The average molecular weight is 522 g/mol. The molecular formula is C18H24F6N4O5S. The van der Waals surface area contributed by atoms with Crippen LogP contribution in [0.2, 0.25) is 0 Å². The third kappa shape index (κ3) is 9.42. The quantitative estimate of drug-likeness (QED) is 0.579. The molecular weight excluding hydrogens is 498 g/mol. The maximum atomic E-state index is 11.9. The molecule has 0 unspecified atom stereocenters. The lowest BCUT2D eigenvalue weighted by atomic mass is 10.1. The zero-order valence-corrected chi connectivity index (χ0v) is 19.0. The predicted molar refractivity (Wildman–Crippen MR) is 107 cm³/mol. The number of rotatable bonds is 4. The Morgan fingerprint density at radius 2 is 1.44 bits per heavy atom. The number of hydrogen-bond acceptors (Lipinski definition) is 7. The highest BCUT2D eigenvalue weighted by Gasteiger charge is 2.43. The molecule has 16 heteroatoms. The van der Waals surface area contributed by atoms with Gasteiger partial charge in [-0.15, -0.1) is 11.3 Å². The van der Waals surface area contributed by atoms with E-state index in [1.54, 1.807) is 16.2 Å². The van der Waals surface area contributed by atoms with E-state index < -0.39 is 24.3 Å². The SMILES string of the molecule is CN(C)C(=O)CN1CC[C@@H]2[C@@H]1CCN2Cc1nccs1.O=C(O)C(F)(F)F.O=C(O)C(F)(F)F. The van der Waals surface area contributed by atoms with E-state index in [4.69, 9.17) is 19.8 Å². The molecule has 0 spiro atoms. The molecule has 2 N–H and O–H groups in total. The van der Waals surface area contributed by atoms with Crippen molar-refractivity contribution in [3.05, 3.63) is 16.6 Å². The highest BCUT2D eigenvalue weighted by atomic mass is 32.1. The van der Waals surface area contributed by atoms with Crippen LogP contribution in [0.3, 0.4) is 0 Å². The summed E-state index contributed by atoms with van der Waals surface area (Å²) in [7, 11) is 3.67. The Balaban J connectivity index is 0.000000343. The Bertz CT molecular complexity index is 795. The van der Waals surface area contributed by atoms with Crippen LogP contribution in [-0.2, 0) is 20.9 Å². The molecule has 0 saturated carbocycles. The number of amides is 1. The minimum Gasteiger partial charge on any atom is -0.475 e. The standard InChI is InChI=1S/C14H22N4OS.2C2HF3O2/c1-16(2)14(19)10-18-7-4-11-12(18)3-6-17(11)9-13-15-5-8-20-13;2*3-2(4,5)1(6)7/h5,8,11-12H,3-4,6-7,9-10H2,1-2H3;2*(H,6,7)/t11-,12+;;/m1../s1. The van der Waals surface area contributed by atoms with E-state index in [1.807, 2.05) is 25.7 Å². The minimum absolute atomic E-state index is 0.212. The molecule has 2 fully saturated rings. The topological polar surface area (TPSA) is 114 Å². The van der Waals surface area contributed by atoms with Crippen molar-refractivity contribution in [1.82, 2.24) is 19.7 Å². The molecule has 0 bridgehead atoms. The van der Waals surface area contributed by atoms with Gasteiger partial charge in [-0.2, -0.15) is 26.3 Å². The van der Waals surface area contributed by atoms with Crippen molar-refractivity contribution in [2.24, 2.45) is 0 Å². The number of likely N-dealkylation sites (N-methyl/N-ethyl adjacent to an activating group) is 1. The van der Waals surface area contributed by atoms with Crippen LogP contribution in [0.5, 0.6) is 0 Å². The monoisotopic (exact) mass is 522 g/mol. The maximum Gasteiger partial charge on any atom is 0.490 e. The molecule has 1 aromatic rings. The Labute approximate surface area is 194 Å². The fraction of sp³-hybridized carbons (Fsp3) is 0.667. The first-order valence-corrected chi connectivity index (χ1v) is 10.6. The molecule has 3 rings (SSSR count). The molecule has 9 nitrogen and oxygen atoms in total. The molecule has 3 heterocycles. The number of thiazole rings is 1. The number of aromatic nitrogens is 1. The molecule has 1 amide bonds. The summed E-state index contributed by atoms with van der Waals surface area (Å²) in [5, 5.41) is 17.5. The molecule has 2 aliphatic rings. The lowest BCUT2D eigenvalue weighted by Crippen LogP contribution is -2.41. The van der Waals surface area contributed by atoms with Gasteiger partial charge >= 0.3 is 24.3 Å². The molecule has 34 heavy (non-hydrogen) atoms. The van der Waals surface area contributed by atoms with Gasteiger partial charge in [0.1, 0.15) is 5.01 Å². The van der Waals surface area contributed by atoms with Gasteiger partial charge in [0, 0.05) is 50.8 Å². The van der Waals surface area contributed by atoms with Gasteiger partial charge in [-0.1, -0.05) is 0 Å². The number of fused-ring (bicyclic) bond motifs is 1. The summed E-state index contributed by atoms with van der Waals surface area (Å²) in [6, 6.07) is 1.16. The van der Waals surface area contributed by atoms with Crippen molar-refractivity contribution in [2.45, 2.75) is 43.8 Å². The molecule has 2 atom stereocenters. The zero-order chi connectivity index (χ0) is 26.3. The number of carboxylic acid groups (broad SMARTS) is 2. The van der Waals surface area contributed by atoms with Crippen molar-refractivity contribution in [3.8, 4) is 0 Å².